The van der Waals surface area contributed by atoms with Gasteiger partial charge in [0.2, 0.25) is 0 Å². The fraction of sp³-hybridized carbons (Fsp3) is 0.818. The summed E-state index contributed by atoms with van der Waals surface area (Å²) < 4.78 is 17.0. The zero-order valence-electron chi connectivity index (χ0n) is 11.7. The third kappa shape index (κ3) is 2.37. The number of aliphatic hydroxyl groups excluding tert-OH is 3. The number of hydrogen-bond acceptors (Lipinski definition) is 8. The van der Waals surface area contributed by atoms with Crippen LogP contribution in [-0.4, -0.2) is 70.2 Å². The Kier molecular flexibility index (Phi) is 3.88. The molecule has 0 spiro atoms. The normalized spacial score (nSPS) is 38.4. The van der Waals surface area contributed by atoms with Crippen molar-refractivity contribution < 1.29 is 35.8 Å². The Morgan fingerprint density at radius 1 is 1.58 bits per heavy atom. The topological polar surface area (TPSA) is 139 Å². The molecule has 0 radical (unpaired) electrons. The van der Waals surface area contributed by atoms with Gasteiger partial charge in [-0.15, -0.1) is 0 Å². The Bertz CT molecular complexity index is 402. The van der Waals surface area contributed by atoms with Crippen molar-refractivity contribution in [3.05, 3.63) is 0 Å². The summed E-state index contributed by atoms with van der Waals surface area (Å²) in [6.07, 6.45) is -4.59. The van der Waals surface area contributed by atoms with Gasteiger partial charge >= 0.3 is 5.97 Å². The average molecular weight is 278 g/mol. The molecule has 1 fully saturated rings. The number of ether oxygens (including phenoxy) is 2. The first-order chi connectivity index (χ1) is 9.18. The highest BCUT2D eigenvalue weighted by atomic mass is 16.6. The van der Waals surface area contributed by atoms with Gasteiger partial charge in [-0.2, -0.15) is 0 Å². The standard InChI is InChI=1S/C11H19NO7/c1-10(12,9(17)18-3)8(16)11(2)7(15)6(14)5(4-13)19-11/h5-7,13-15H,4,12H2,1-3H3/t5-,6-,7-,10?,11?/m1/s1/i2D. The zero-order valence-corrected chi connectivity index (χ0v) is 10.7. The molecule has 0 aromatic carbocycles. The Hall–Kier alpha value is -1.06. The van der Waals surface area contributed by atoms with Crippen LogP contribution in [0.3, 0.4) is 0 Å². The van der Waals surface area contributed by atoms with Crippen molar-refractivity contribution in [2.24, 2.45) is 5.73 Å². The molecule has 1 heterocycles. The first-order valence-corrected chi connectivity index (χ1v) is 5.55. The van der Waals surface area contributed by atoms with Crippen LogP contribution in [0.15, 0.2) is 0 Å². The van der Waals surface area contributed by atoms with Gasteiger partial charge in [0.05, 0.1) is 13.7 Å². The third-order valence-electron chi connectivity index (χ3n) is 3.19. The lowest BCUT2D eigenvalue weighted by molar-refractivity contribution is -0.164. The lowest BCUT2D eigenvalue weighted by Gasteiger charge is -2.32. The molecule has 1 aliphatic rings. The number of Topliss-reactive ketones (excluding diaryl/α,β-unsaturated/α-hetero) is 1. The minimum Gasteiger partial charge on any atom is -0.467 e. The molecule has 110 valence electrons. The van der Waals surface area contributed by atoms with Crippen molar-refractivity contribution in [2.45, 2.75) is 43.3 Å². The molecule has 0 amide bonds. The molecule has 1 saturated heterocycles. The summed E-state index contributed by atoms with van der Waals surface area (Å²) in [5.41, 5.74) is 1.26. The Balaban J connectivity index is 3.19. The molecule has 5 N–H and O–H groups in total. The fourth-order valence-corrected chi connectivity index (χ4v) is 1.97. The molecule has 19 heavy (non-hydrogen) atoms. The maximum absolute atomic E-state index is 12.4. The molecule has 1 aliphatic heterocycles. The molecule has 2 unspecified atom stereocenters. The summed E-state index contributed by atoms with van der Waals surface area (Å²) in [5, 5.41) is 28.7. The summed E-state index contributed by atoms with van der Waals surface area (Å²) in [5.74, 6) is -2.15. The van der Waals surface area contributed by atoms with E-state index >= 15 is 0 Å². The molecule has 0 aromatic rings. The molecule has 0 saturated carbocycles. The van der Waals surface area contributed by atoms with E-state index in [9.17, 15) is 19.8 Å². The van der Waals surface area contributed by atoms with Crippen LogP contribution in [0.4, 0.5) is 0 Å². The SMILES string of the molecule is [2H]CC1(C(=O)C(C)(N)C(=O)OC)O[C@H](CO)[C@@H](O)[C@H]1O. The van der Waals surface area contributed by atoms with Crippen LogP contribution in [0.5, 0.6) is 0 Å². The maximum atomic E-state index is 12.4. The number of hydrogen-bond donors (Lipinski definition) is 4. The number of nitrogens with two attached hydrogens (primary N) is 1. The highest BCUT2D eigenvalue weighted by molar-refractivity contribution is 6.11. The number of aliphatic hydroxyl groups is 3. The van der Waals surface area contributed by atoms with E-state index in [0.717, 1.165) is 14.0 Å². The minimum absolute atomic E-state index is 0.660. The van der Waals surface area contributed by atoms with E-state index in [0.29, 0.717) is 0 Å². The van der Waals surface area contributed by atoms with Crippen molar-refractivity contribution in [2.75, 3.05) is 13.7 Å². The van der Waals surface area contributed by atoms with Gasteiger partial charge in [0.25, 0.3) is 0 Å². The highest BCUT2D eigenvalue weighted by Gasteiger charge is 2.60. The van der Waals surface area contributed by atoms with E-state index in [2.05, 4.69) is 4.74 Å². The van der Waals surface area contributed by atoms with Crippen LogP contribution in [0.2, 0.25) is 0 Å². The van der Waals surface area contributed by atoms with Crippen molar-refractivity contribution in [1.29, 1.82) is 0 Å². The molecular weight excluding hydrogens is 258 g/mol. The first-order valence-electron chi connectivity index (χ1n) is 6.26. The van der Waals surface area contributed by atoms with Gasteiger partial charge < -0.3 is 30.5 Å². The van der Waals surface area contributed by atoms with Gasteiger partial charge in [-0.3, -0.25) is 4.79 Å². The van der Waals surface area contributed by atoms with Crippen molar-refractivity contribution in [1.82, 2.24) is 0 Å². The number of rotatable bonds is 4. The van der Waals surface area contributed by atoms with Crippen molar-refractivity contribution >= 4 is 11.8 Å². The number of carbonyl (C=O) groups is 2. The monoisotopic (exact) mass is 278 g/mol. The Morgan fingerprint density at radius 3 is 2.53 bits per heavy atom. The summed E-state index contributed by atoms with van der Waals surface area (Å²) >= 11 is 0. The van der Waals surface area contributed by atoms with Crippen LogP contribution >= 0.6 is 0 Å². The number of esters is 1. The first kappa shape index (κ1) is 14.4. The average Bonchev–Trinajstić information content (AvgIpc) is 2.70. The molecular formula is C11H19NO7. The molecule has 8 heteroatoms. The van der Waals surface area contributed by atoms with Crippen LogP contribution in [0.1, 0.15) is 15.2 Å². The van der Waals surface area contributed by atoms with Crippen molar-refractivity contribution in [3.8, 4) is 0 Å². The molecule has 0 aliphatic carbocycles. The summed E-state index contributed by atoms with van der Waals surface area (Å²) in [7, 11) is 1.03. The van der Waals surface area contributed by atoms with Crippen molar-refractivity contribution in [3.63, 3.8) is 0 Å². The largest absolute Gasteiger partial charge is 0.467 e. The summed E-state index contributed by atoms with van der Waals surface area (Å²) in [4.78, 5) is 24.0. The van der Waals surface area contributed by atoms with Gasteiger partial charge in [0.15, 0.2) is 16.9 Å². The van der Waals surface area contributed by atoms with E-state index in [4.69, 9.17) is 16.9 Å². The molecule has 1 rings (SSSR count). The van der Waals surface area contributed by atoms with Crippen LogP contribution in [0, 0.1) is 0 Å². The van der Waals surface area contributed by atoms with E-state index in [1.54, 1.807) is 0 Å². The van der Waals surface area contributed by atoms with E-state index in [-0.39, 0.29) is 0 Å². The van der Waals surface area contributed by atoms with Gasteiger partial charge in [-0.25, -0.2) is 4.79 Å². The van der Waals surface area contributed by atoms with Crippen LogP contribution in [-0.2, 0) is 19.1 Å². The third-order valence-corrected chi connectivity index (χ3v) is 3.19. The van der Waals surface area contributed by atoms with Gasteiger partial charge in [-0.1, -0.05) is 0 Å². The van der Waals surface area contributed by atoms with E-state index in [1.807, 2.05) is 0 Å². The second kappa shape index (κ2) is 5.14. The second-order valence-corrected chi connectivity index (χ2v) is 4.69. The number of methoxy groups -OCH3 is 1. The number of ketones is 1. The minimum atomic E-state index is -2.19. The smallest absolute Gasteiger partial charge is 0.333 e. The van der Waals surface area contributed by atoms with E-state index in [1.165, 1.54) is 0 Å². The molecule has 0 aromatic heterocycles. The molecule has 5 atom stereocenters. The number of carbonyl (C=O) groups excluding carboxylic acids is 2. The zero-order chi connectivity index (χ0) is 15.7. The lowest BCUT2D eigenvalue weighted by Crippen LogP contribution is -2.63. The van der Waals surface area contributed by atoms with Gasteiger partial charge in [0.1, 0.15) is 18.3 Å². The van der Waals surface area contributed by atoms with Gasteiger partial charge in [0, 0.05) is 1.37 Å². The van der Waals surface area contributed by atoms with Gasteiger partial charge in [-0.05, 0) is 13.8 Å². The lowest BCUT2D eigenvalue weighted by atomic mass is 9.82. The van der Waals surface area contributed by atoms with E-state index < -0.39 is 54.7 Å². The summed E-state index contributed by atoms with van der Waals surface area (Å²) in [6, 6.07) is 0. The predicted molar refractivity (Wildman–Crippen MR) is 62.0 cm³/mol. The highest BCUT2D eigenvalue weighted by Crippen LogP contribution is 2.34. The predicted octanol–water partition coefficient (Wildman–Crippen LogP) is -2.68. The summed E-state index contributed by atoms with van der Waals surface area (Å²) in [6.45, 7) is -0.371. The van der Waals surface area contributed by atoms with Crippen LogP contribution in [0.25, 0.3) is 0 Å². The molecule has 0 bridgehead atoms. The second-order valence-electron chi connectivity index (χ2n) is 4.69. The Morgan fingerprint density at radius 2 is 2.16 bits per heavy atom. The fourth-order valence-electron chi connectivity index (χ4n) is 1.97. The Labute approximate surface area is 111 Å². The maximum Gasteiger partial charge on any atom is 0.333 e. The quantitative estimate of drug-likeness (QED) is 0.322. The molecule has 8 nitrogen and oxygen atoms in total. The van der Waals surface area contributed by atoms with Crippen LogP contribution < -0.4 is 5.73 Å².